The summed E-state index contributed by atoms with van der Waals surface area (Å²) in [6.07, 6.45) is 8.41. The van der Waals surface area contributed by atoms with Gasteiger partial charge in [-0.05, 0) is 13.0 Å². The molecule has 2 aromatic heterocycles. The zero-order valence-corrected chi connectivity index (χ0v) is 12.6. The molecule has 1 amide bonds. The van der Waals surface area contributed by atoms with E-state index in [1.165, 1.54) is 6.20 Å². The first-order valence-electron chi connectivity index (χ1n) is 6.79. The van der Waals surface area contributed by atoms with E-state index in [1.54, 1.807) is 42.1 Å². The molecule has 0 aliphatic heterocycles. The number of aliphatic imine (C=N–C) groups is 1. The highest BCUT2D eigenvalue weighted by molar-refractivity contribution is 6.10. The van der Waals surface area contributed by atoms with Crippen LogP contribution in [0.4, 0.5) is 0 Å². The van der Waals surface area contributed by atoms with Crippen molar-refractivity contribution in [3.05, 3.63) is 60.2 Å². The van der Waals surface area contributed by atoms with E-state index < -0.39 is 5.91 Å². The van der Waals surface area contributed by atoms with Crippen LogP contribution in [0.25, 0.3) is 5.65 Å². The SMILES string of the molecule is C=CN=C(OCc1cc(C(N)=O)cn2ccnc12)/C(C=O)=C\C. The summed E-state index contributed by atoms with van der Waals surface area (Å²) in [6.45, 7) is 5.27. The van der Waals surface area contributed by atoms with Gasteiger partial charge < -0.3 is 14.9 Å². The van der Waals surface area contributed by atoms with Gasteiger partial charge in [0.05, 0.1) is 11.1 Å². The molecule has 23 heavy (non-hydrogen) atoms. The predicted molar refractivity (Wildman–Crippen MR) is 86.0 cm³/mol. The van der Waals surface area contributed by atoms with Gasteiger partial charge in [0, 0.05) is 30.4 Å². The molecule has 7 nitrogen and oxygen atoms in total. The number of aldehydes is 1. The van der Waals surface area contributed by atoms with Gasteiger partial charge in [-0.3, -0.25) is 9.59 Å². The first-order chi connectivity index (χ1) is 11.1. The lowest BCUT2D eigenvalue weighted by Gasteiger charge is -2.10. The molecule has 2 heterocycles. The van der Waals surface area contributed by atoms with Crippen molar-refractivity contribution in [1.29, 1.82) is 0 Å². The molecule has 0 bridgehead atoms. The summed E-state index contributed by atoms with van der Waals surface area (Å²) in [5.74, 6) is -0.407. The van der Waals surface area contributed by atoms with Crippen LogP contribution in [0.5, 0.6) is 0 Å². The van der Waals surface area contributed by atoms with Crippen molar-refractivity contribution in [3.63, 3.8) is 0 Å². The first kappa shape index (κ1) is 16.2. The van der Waals surface area contributed by atoms with Crippen LogP contribution in [0.3, 0.4) is 0 Å². The largest absolute Gasteiger partial charge is 0.472 e. The summed E-state index contributed by atoms with van der Waals surface area (Å²) in [4.78, 5) is 30.6. The molecule has 2 aromatic rings. The van der Waals surface area contributed by atoms with Crippen molar-refractivity contribution in [2.24, 2.45) is 10.7 Å². The van der Waals surface area contributed by atoms with E-state index in [0.717, 1.165) is 0 Å². The molecule has 118 valence electrons. The highest BCUT2D eigenvalue weighted by Gasteiger charge is 2.12. The predicted octanol–water partition coefficient (Wildman–Crippen LogP) is 1.64. The van der Waals surface area contributed by atoms with Crippen molar-refractivity contribution >= 4 is 23.7 Å². The van der Waals surface area contributed by atoms with E-state index in [1.807, 2.05) is 0 Å². The van der Waals surface area contributed by atoms with Gasteiger partial charge >= 0.3 is 0 Å². The maximum Gasteiger partial charge on any atom is 0.250 e. The Bertz CT molecular complexity index is 818. The lowest BCUT2D eigenvalue weighted by Crippen LogP contribution is -2.14. The number of pyridine rings is 1. The standard InChI is InChI=1S/C16H16N4O3/c1-3-11(9-21)16(18-4-2)23-10-13-7-12(14(17)22)8-20-6-5-19-15(13)20/h3-9H,2,10H2,1H3,(H2,17,22)/b11-3-,18-16?. The van der Waals surface area contributed by atoms with Gasteiger partial charge in [-0.15, -0.1) is 0 Å². The topological polar surface area (TPSA) is 99.1 Å². The summed E-state index contributed by atoms with van der Waals surface area (Å²) in [6, 6.07) is 1.60. The number of amides is 1. The third-order valence-corrected chi connectivity index (χ3v) is 3.11. The molecule has 7 heteroatoms. The molecule has 0 spiro atoms. The number of carbonyl (C=O) groups excluding carboxylic acids is 2. The van der Waals surface area contributed by atoms with Gasteiger partial charge in [-0.1, -0.05) is 12.7 Å². The van der Waals surface area contributed by atoms with Gasteiger partial charge in [0.25, 0.3) is 0 Å². The Morgan fingerprint density at radius 2 is 2.35 bits per heavy atom. The Labute approximate surface area is 132 Å². The van der Waals surface area contributed by atoms with E-state index >= 15 is 0 Å². The average Bonchev–Trinajstić information content (AvgIpc) is 3.01. The fourth-order valence-corrected chi connectivity index (χ4v) is 2.01. The van der Waals surface area contributed by atoms with Gasteiger partial charge in [0.15, 0.2) is 6.29 Å². The van der Waals surface area contributed by atoms with Crippen LogP contribution in [0.1, 0.15) is 22.8 Å². The monoisotopic (exact) mass is 312 g/mol. The summed E-state index contributed by atoms with van der Waals surface area (Å²) in [5.41, 5.74) is 7.23. The Hall–Kier alpha value is -3.22. The zero-order chi connectivity index (χ0) is 16.8. The summed E-state index contributed by atoms with van der Waals surface area (Å²) < 4.78 is 7.28. The number of imidazole rings is 1. The number of primary amides is 1. The van der Waals surface area contributed by atoms with Gasteiger partial charge in [-0.2, -0.15) is 0 Å². The summed E-state index contributed by atoms with van der Waals surface area (Å²) in [7, 11) is 0. The van der Waals surface area contributed by atoms with Crippen molar-refractivity contribution in [3.8, 4) is 0 Å². The number of allylic oxidation sites excluding steroid dienone is 1. The Balaban J connectivity index is 2.35. The minimum atomic E-state index is -0.552. The van der Waals surface area contributed by atoms with E-state index in [9.17, 15) is 9.59 Å². The van der Waals surface area contributed by atoms with Crippen LogP contribution < -0.4 is 5.73 Å². The van der Waals surface area contributed by atoms with Gasteiger partial charge in [0.1, 0.15) is 12.3 Å². The molecule has 0 saturated carbocycles. The lowest BCUT2D eigenvalue weighted by molar-refractivity contribution is -0.104. The van der Waals surface area contributed by atoms with Crippen molar-refractivity contribution in [2.75, 3.05) is 0 Å². The Morgan fingerprint density at radius 1 is 1.57 bits per heavy atom. The third-order valence-electron chi connectivity index (χ3n) is 3.11. The average molecular weight is 312 g/mol. The second-order valence-corrected chi connectivity index (χ2v) is 4.54. The smallest absolute Gasteiger partial charge is 0.250 e. The fraction of sp³-hybridized carbons (Fsp3) is 0.125. The van der Waals surface area contributed by atoms with Crippen LogP contribution >= 0.6 is 0 Å². The molecule has 0 unspecified atom stereocenters. The van der Waals surface area contributed by atoms with Crippen LogP contribution in [0, 0.1) is 0 Å². The Kier molecular flexibility index (Phi) is 5.03. The van der Waals surface area contributed by atoms with Crippen LogP contribution in [0.15, 0.2) is 54.1 Å². The second-order valence-electron chi connectivity index (χ2n) is 4.54. The Morgan fingerprint density at radius 3 is 2.96 bits per heavy atom. The van der Waals surface area contributed by atoms with E-state index in [2.05, 4.69) is 16.6 Å². The van der Waals surface area contributed by atoms with Crippen LogP contribution in [-0.2, 0) is 16.1 Å². The van der Waals surface area contributed by atoms with Gasteiger partial charge in [-0.25, -0.2) is 9.98 Å². The molecular weight excluding hydrogens is 296 g/mol. The number of fused-ring (bicyclic) bond motifs is 1. The normalized spacial score (nSPS) is 12.2. The van der Waals surface area contributed by atoms with E-state index in [0.29, 0.717) is 28.6 Å². The number of nitrogens with zero attached hydrogens (tertiary/aromatic N) is 3. The number of rotatable bonds is 6. The molecule has 0 atom stereocenters. The van der Waals surface area contributed by atoms with Crippen molar-refractivity contribution < 1.29 is 14.3 Å². The van der Waals surface area contributed by atoms with Gasteiger partial charge in [0.2, 0.25) is 11.8 Å². The molecule has 0 aliphatic carbocycles. The zero-order valence-electron chi connectivity index (χ0n) is 12.6. The van der Waals surface area contributed by atoms with E-state index in [-0.39, 0.29) is 12.5 Å². The minimum absolute atomic E-state index is 0.0689. The number of ether oxygens (including phenoxy) is 1. The third kappa shape index (κ3) is 3.52. The molecule has 0 aliphatic rings. The first-order valence-corrected chi connectivity index (χ1v) is 6.79. The molecule has 0 aromatic carbocycles. The summed E-state index contributed by atoms with van der Waals surface area (Å²) >= 11 is 0. The fourth-order valence-electron chi connectivity index (χ4n) is 2.01. The molecule has 0 saturated heterocycles. The van der Waals surface area contributed by atoms with Crippen LogP contribution in [-0.4, -0.2) is 27.5 Å². The molecule has 0 fully saturated rings. The molecular formula is C16H16N4O3. The quantitative estimate of drug-likeness (QED) is 0.379. The van der Waals surface area contributed by atoms with Crippen molar-refractivity contribution in [2.45, 2.75) is 13.5 Å². The molecule has 2 rings (SSSR count). The second kappa shape index (κ2) is 7.17. The molecule has 2 N–H and O–H groups in total. The number of aromatic nitrogens is 2. The summed E-state index contributed by atoms with van der Waals surface area (Å²) in [5, 5.41) is 0. The highest BCUT2D eigenvalue weighted by atomic mass is 16.5. The van der Waals surface area contributed by atoms with E-state index in [4.69, 9.17) is 10.5 Å². The maximum absolute atomic E-state index is 11.4. The number of hydrogen-bond donors (Lipinski definition) is 1. The maximum atomic E-state index is 11.4. The number of hydrogen-bond acceptors (Lipinski definition) is 5. The number of nitrogens with two attached hydrogens (primary N) is 1. The lowest BCUT2D eigenvalue weighted by atomic mass is 10.2. The highest BCUT2D eigenvalue weighted by Crippen LogP contribution is 2.14. The number of carbonyl (C=O) groups is 2. The molecule has 0 radical (unpaired) electrons. The van der Waals surface area contributed by atoms with Crippen LogP contribution in [0.2, 0.25) is 0 Å². The van der Waals surface area contributed by atoms with Crippen molar-refractivity contribution in [1.82, 2.24) is 9.38 Å². The minimum Gasteiger partial charge on any atom is -0.472 e.